The van der Waals surface area contributed by atoms with Crippen LogP contribution in [0.2, 0.25) is 0 Å². The smallest absolute Gasteiger partial charge is 0.224 e. The normalized spacial score (nSPS) is 11.8. The van der Waals surface area contributed by atoms with Crippen molar-refractivity contribution in [2.45, 2.75) is 19.4 Å². The molecule has 0 bridgehead atoms. The number of benzene rings is 2. The minimum absolute atomic E-state index is 0.0210. The Morgan fingerprint density at radius 1 is 1.00 bits per heavy atom. The minimum Gasteiger partial charge on any atom is -0.363 e. The van der Waals surface area contributed by atoms with Gasteiger partial charge in [0.1, 0.15) is 11.6 Å². The van der Waals surface area contributed by atoms with Crippen molar-refractivity contribution >= 4 is 11.8 Å². The molecule has 2 N–H and O–H groups in total. The predicted octanol–water partition coefficient (Wildman–Crippen LogP) is 4.44. The zero-order valence-electron chi connectivity index (χ0n) is 14.1. The average molecular weight is 336 g/mol. The van der Waals surface area contributed by atoms with Gasteiger partial charge in [-0.15, -0.1) is 0 Å². The second-order valence-electron chi connectivity index (χ2n) is 5.85. The van der Waals surface area contributed by atoms with E-state index in [2.05, 4.69) is 32.7 Å². The number of aromatic nitrogens is 2. The summed E-state index contributed by atoms with van der Waals surface area (Å²) >= 11 is 0. The van der Waals surface area contributed by atoms with Crippen LogP contribution in [0.1, 0.15) is 24.1 Å². The van der Waals surface area contributed by atoms with Crippen LogP contribution in [0.4, 0.5) is 16.2 Å². The standard InChI is InChI=1S/C20H21FN4/c1-15(17-7-9-18(21)10-8-17)24-19-12-14-23-20(25-19)22-13-11-16-5-3-2-4-6-16/h2-10,12,14-15H,11,13H2,1H3,(H2,22,23,24,25). The number of nitrogens with zero attached hydrogens (tertiary/aromatic N) is 2. The fourth-order valence-corrected chi connectivity index (χ4v) is 2.54. The van der Waals surface area contributed by atoms with E-state index in [4.69, 9.17) is 0 Å². The SMILES string of the molecule is CC(Nc1ccnc(NCCc2ccccc2)n1)c1ccc(F)cc1. The lowest BCUT2D eigenvalue weighted by molar-refractivity contribution is 0.626. The van der Waals surface area contributed by atoms with Crippen LogP contribution in [0.25, 0.3) is 0 Å². The van der Waals surface area contributed by atoms with Crippen molar-refractivity contribution in [2.75, 3.05) is 17.2 Å². The molecule has 0 saturated heterocycles. The summed E-state index contributed by atoms with van der Waals surface area (Å²) in [5.41, 5.74) is 2.27. The molecule has 5 heteroatoms. The van der Waals surface area contributed by atoms with Crippen LogP contribution >= 0.6 is 0 Å². The molecule has 0 spiro atoms. The van der Waals surface area contributed by atoms with Gasteiger partial charge in [-0.05, 0) is 42.7 Å². The molecule has 1 heterocycles. The highest BCUT2D eigenvalue weighted by atomic mass is 19.1. The minimum atomic E-state index is -0.233. The van der Waals surface area contributed by atoms with Crippen LogP contribution < -0.4 is 10.6 Å². The van der Waals surface area contributed by atoms with Crippen LogP contribution in [0.5, 0.6) is 0 Å². The summed E-state index contributed by atoms with van der Waals surface area (Å²) in [5, 5.41) is 6.55. The van der Waals surface area contributed by atoms with E-state index in [0.29, 0.717) is 5.95 Å². The number of rotatable bonds is 7. The van der Waals surface area contributed by atoms with Crippen molar-refractivity contribution < 1.29 is 4.39 Å². The molecule has 3 aromatic rings. The number of hydrogen-bond acceptors (Lipinski definition) is 4. The topological polar surface area (TPSA) is 49.8 Å². The average Bonchev–Trinajstić information content (AvgIpc) is 2.63. The summed E-state index contributed by atoms with van der Waals surface area (Å²) in [6.45, 7) is 2.78. The molecule has 0 fully saturated rings. The van der Waals surface area contributed by atoms with Gasteiger partial charge in [0.25, 0.3) is 0 Å². The van der Waals surface area contributed by atoms with Crippen molar-refractivity contribution in [3.63, 3.8) is 0 Å². The first-order valence-corrected chi connectivity index (χ1v) is 8.33. The summed E-state index contributed by atoms with van der Waals surface area (Å²) in [6, 6.07) is 18.6. The second kappa shape index (κ2) is 8.24. The molecule has 0 amide bonds. The summed E-state index contributed by atoms with van der Waals surface area (Å²) in [5.74, 6) is 1.09. The van der Waals surface area contributed by atoms with Gasteiger partial charge in [-0.2, -0.15) is 4.98 Å². The fourth-order valence-electron chi connectivity index (χ4n) is 2.54. The van der Waals surface area contributed by atoms with Crippen LogP contribution in [-0.2, 0) is 6.42 Å². The van der Waals surface area contributed by atoms with E-state index >= 15 is 0 Å². The largest absolute Gasteiger partial charge is 0.363 e. The van der Waals surface area contributed by atoms with Crippen molar-refractivity contribution in [2.24, 2.45) is 0 Å². The monoisotopic (exact) mass is 336 g/mol. The van der Waals surface area contributed by atoms with Crippen molar-refractivity contribution in [1.29, 1.82) is 0 Å². The van der Waals surface area contributed by atoms with Gasteiger partial charge < -0.3 is 10.6 Å². The molecule has 128 valence electrons. The number of anilines is 2. The van der Waals surface area contributed by atoms with Gasteiger partial charge in [-0.25, -0.2) is 9.37 Å². The Morgan fingerprint density at radius 2 is 1.76 bits per heavy atom. The Bertz CT molecular complexity index is 790. The van der Waals surface area contributed by atoms with E-state index in [0.717, 1.165) is 24.3 Å². The third-order valence-electron chi connectivity index (χ3n) is 3.93. The lowest BCUT2D eigenvalue weighted by Crippen LogP contribution is -2.11. The van der Waals surface area contributed by atoms with Gasteiger partial charge in [0.05, 0.1) is 0 Å². The van der Waals surface area contributed by atoms with Crippen molar-refractivity contribution in [1.82, 2.24) is 9.97 Å². The van der Waals surface area contributed by atoms with Gasteiger partial charge in [0.2, 0.25) is 5.95 Å². The van der Waals surface area contributed by atoms with E-state index in [1.165, 1.54) is 17.7 Å². The fraction of sp³-hybridized carbons (Fsp3) is 0.200. The summed E-state index contributed by atoms with van der Waals surface area (Å²) in [7, 11) is 0. The summed E-state index contributed by atoms with van der Waals surface area (Å²) in [6.07, 6.45) is 2.63. The lowest BCUT2D eigenvalue weighted by atomic mass is 10.1. The molecule has 1 aromatic heterocycles. The molecule has 0 radical (unpaired) electrons. The van der Waals surface area contributed by atoms with Gasteiger partial charge in [0, 0.05) is 18.8 Å². The highest BCUT2D eigenvalue weighted by Gasteiger charge is 2.07. The maximum atomic E-state index is 13.0. The molecule has 3 rings (SSSR count). The van der Waals surface area contributed by atoms with E-state index in [9.17, 15) is 4.39 Å². The molecule has 0 aliphatic rings. The molecule has 0 aliphatic heterocycles. The van der Waals surface area contributed by atoms with E-state index in [1.807, 2.05) is 31.2 Å². The van der Waals surface area contributed by atoms with Gasteiger partial charge >= 0.3 is 0 Å². The van der Waals surface area contributed by atoms with Crippen LogP contribution in [-0.4, -0.2) is 16.5 Å². The number of halogens is 1. The van der Waals surface area contributed by atoms with Gasteiger partial charge in [-0.1, -0.05) is 42.5 Å². The van der Waals surface area contributed by atoms with E-state index < -0.39 is 0 Å². The molecule has 1 unspecified atom stereocenters. The second-order valence-corrected chi connectivity index (χ2v) is 5.85. The number of nitrogens with one attached hydrogen (secondary N) is 2. The first-order chi connectivity index (χ1) is 12.2. The first-order valence-electron chi connectivity index (χ1n) is 8.33. The van der Waals surface area contributed by atoms with Crippen LogP contribution in [0.15, 0.2) is 66.9 Å². The highest BCUT2D eigenvalue weighted by molar-refractivity contribution is 5.42. The molecule has 2 aromatic carbocycles. The van der Waals surface area contributed by atoms with E-state index in [-0.39, 0.29) is 11.9 Å². The third-order valence-corrected chi connectivity index (χ3v) is 3.93. The summed E-state index contributed by atoms with van der Waals surface area (Å²) < 4.78 is 13.0. The van der Waals surface area contributed by atoms with E-state index in [1.54, 1.807) is 18.3 Å². The first kappa shape index (κ1) is 16.9. The van der Waals surface area contributed by atoms with Crippen molar-refractivity contribution in [3.05, 3.63) is 83.8 Å². The number of hydrogen-bond donors (Lipinski definition) is 2. The Balaban J connectivity index is 1.56. The zero-order valence-corrected chi connectivity index (χ0v) is 14.1. The molecule has 4 nitrogen and oxygen atoms in total. The summed E-state index contributed by atoms with van der Waals surface area (Å²) in [4.78, 5) is 8.73. The maximum Gasteiger partial charge on any atom is 0.224 e. The van der Waals surface area contributed by atoms with Crippen LogP contribution in [0.3, 0.4) is 0 Å². The molecule has 25 heavy (non-hydrogen) atoms. The Morgan fingerprint density at radius 3 is 2.52 bits per heavy atom. The molecular formula is C20H21FN4. The maximum absolute atomic E-state index is 13.0. The Labute approximate surface area is 147 Å². The Hall–Kier alpha value is -2.95. The molecular weight excluding hydrogens is 315 g/mol. The highest BCUT2D eigenvalue weighted by Crippen LogP contribution is 2.18. The zero-order chi connectivity index (χ0) is 17.5. The molecule has 0 saturated carbocycles. The predicted molar refractivity (Wildman–Crippen MR) is 99.1 cm³/mol. The Kier molecular flexibility index (Phi) is 5.57. The quantitative estimate of drug-likeness (QED) is 0.669. The van der Waals surface area contributed by atoms with Gasteiger partial charge in [0.15, 0.2) is 0 Å². The van der Waals surface area contributed by atoms with Gasteiger partial charge in [-0.3, -0.25) is 0 Å². The molecule has 0 aliphatic carbocycles. The molecule has 1 atom stereocenters. The van der Waals surface area contributed by atoms with Crippen LogP contribution in [0, 0.1) is 5.82 Å². The van der Waals surface area contributed by atoms with Crippen molar-refractivity contribution in [3.8, 4) is 0 Å². The third kappa shape index (κ3) is 5.01. The lowest BCUT2D eigenvalue weighted by Gasteiger charge is -2.15.